The van der Waals surface area contributed by atoms with E-state index in [1.54, 1.807) is 18.2 Å². The van der Waals surface area contributed by atoms with Crippen LogP contribution < -0.4 is 14.8 Å². The molecule has 0 aliphatic carbocycles. The number of morpholine rings is 1. The Labute approximate surface area is 194 Å². The average Bonchev–Trinajstić information content (AvgIpc) is 3.18. The SMILES string of the molecule is CCOc1cc2c(cc1/C=C/C(=O)NCC(c1ccc(F)cc1)N1CCOCC1)OC(C)C2. The Hall–Kier alpha value is -2.90. The van der Waals surface area contributed by atoms with Gasteiger partial charge in [-0.1, -0.05) is 12.1 Å². The number of carbonyl (C=O) groups is 1. The van der Waals surface area contributed by atoms with Crippen LogP contribution in [0.4, 0.5) is 4.39 Å². The van der Waals surface area contributed by atoms with Crippen molar-refractivity contribution in [2.75, 3.05) is 39.5 Å². The van der Waals surface area contributed by atoms with Gasteiger partial charge in [0.2, 0.25) is 5.91 Å². The summed E-state index contributed by atoms with van der Waals surface area (Å²) in [4.78, 5) is 14.9. The van der Waals surface area contributed by atoms with Gasteiger partial charge in [0.25, 0.3) is 0 Å². The molecule has 2 heterocycles. The molecule has 6 nitrogen and oxygen atoms in total. The van der Waals surface area contributed by atoms with Gasteiger partial charge in [0.1, 0.15) is 23.4 Å². The molecule has 1 amide bonds. The van der Waals surface area contributed by atoms with Crippen LogP contribution >= 0.6 is 0 Å². The third-order valence-corrected chi connectivity index (χ3v) is 5.95. The van der Waals surface area contributed by atoms with Gasteiger partial charge in [-0.2, -0.15) is 0 Å². The molecule has 2 aromatic carbocycles. The molecule has 2 atom stereocenters. The van der Waals surface area contributed by atoms with Crippen molar-refractivity contribution >= 4 is 12.0 Å². The fourth-order valence-electron chi connectivity index (χ4n) is 4.32. The second kappa shape index (κ2) is 10.8. The zero-order valence-corrected chi connectivity index (χ0v) is 19.2. The number of nitrogens with one attached hydrogen (secondary N) is 1. The summed E-state index contributed by atoms with van der Waals surface area (Å²) in [6, 6.07) is 10.3. The molecule has 176 valence electrons. The van der Waals surface area contributed by atoms with Crippen LogP contribution in [0.2, 0.25) is 0 Å². The molecule has 0 bridgehead atoms. The van der Waals surface area contributed by atoms with E-state index in [2.05, 4.69) is 10.2 Å². The summed E-state index contributed by atoms with van der Waals surface area (Å²) in [7, 11) is 0. The second-order valence-corrected chi connectivity index (χ2v) is 8.36. The van der Waals surface area contributed by atoms with E-state index in [1.807, 2.05) is 26.0 Å². The van der Waals surface area contributed by atoms with Crippen molar-refractivity contribution in [3.8, 4) is 11.5 Å². The highest BCUT2D eigenvalue weighted by atomic mass is 19.1. The van der Waals surface area contributed by atoms with Crippen molar-refractivity contribution in [1.29, 1.82) is 0 Å². The van der Waals surface area contributed by atoms with E-state index in [0.717, 1.165) is 47.7 Å². The zero-order chi connectivity index (χ0) is 23.2. The van der Waals surface area contributed by atoms with Crippen LogP contribution in [0.25, 0.3) is 6.08 Å². The highest BCUT2D eigenvalue weighted by molar-refractivity contribution is 5.92. The monoisotopic (exact) mass is 454 g/mol. The Balaban J connectivity index is 1.45. The summed E-state index contributed by atoms with van der Waals surface area (Å²) in [5.41, 5.74) is 2.90. The van der Waals surface area contributed by atoms with E-state index in [9.17, 15) is 9.18 Å². The van der Waals surface area contributed by atoms with Crippen LogP contribution in [0.5, 0.6) is 11.5 Å². The second-order valence-electron chi connectivity index (χ2n) is 8.36. The first-order chi connectivity index (χ1) is 16.0. The van der Waals surface area contributed by atoms with Gasteiger partial charge < -0.3 is 19.5 Å². The molecule has 2 aliphatic heterocycles. The van der Waals surface area contributed by atoms with Crippen LogP contribution in [-0.4, -0.2) is 56.4 Å². The van der Waals surface area contributed by atoms with Gasteiger partial charge in [-0.3, -0.25) is 9.69 Å². The number of halogens is 1. The van der Waals surface area contributed by atoms with Crippen LogP contribution in [0, 0.1) is 5.82 Å². The minimum absolute atomic E-state index is 0.0549. The molecule has 2 aliphatic rings. The Morgan fingerprint density at radius 1 is 1.27 bits per heavy atom. The predicted octanol–water partition coefficient (Wildman–Crippen LogP) is 3.75. The minimum atomic E-state index is -0.274. The minimum Gasteiger partial charge on any atom is -0.493 e. The molecule has 2 unspecified atom stereocenters. The lowest BCUT2D eigenvalue weighted by Gasteiger charge is -2.34. The normalized spacial score (nSPS) is 19.2. The number of amides is 1. The number of hydrogen-bond donors (Lipinski definition) is 1. The Kier molecular flexibility index (Phi) is 7.62. The number of carbonyl (C=O) groups excluding carboxylic acids is 1. The third-order valence-electron chi connectivity index (χ3n) is 5.95. The van der Waals surface area contributed by atoms with Crippen molar-refractivity contribution in [1.82, 2.24) is 10.2 Å². The van der Waals surface area contributed by atoms with E-state index in [1.165, 1.54) is 18.2 Å². The van der Waals surface area contributed by atoms with Crippen LogP contribution in [-0.2, 0) is 16.0 Å². The van der Waals surface area contributed by atoms with Crippen molar-refractivity contribution < 1.29 is 23.4 Å². The molecule has 0 spiro atoms. The number of fused-ring (bicyclic) bond motifs is 1. The number of nitrogens with zero attached hydrogens (tertiary/aromatic N) is 1. The Morgan fingerprint density at radius 3 is 2.76 bits per heavy atom. The van der Waals surface area contributed by atoms with Gasteiger partial charge in [-0.15, -0.1) is 0 Å². The Morgan fingerprint density at radius 2 is 2.03 bits per heavy atom. The maximum absolute atomic E-state index is 13.4. The average molecular weight is 455 g/mol. The van der Waals surface area contributed by atoms with Crippen LogP contribution in [0.15, 0.2) is 42.5 Å². The first-order valence-electron chi connectivity index (χ1n) is 11.5. The number of benzene rings is 2. The lowest BCUT2D eigenvalue weighted by molar-refractivity contribution is -0.116. The van der Waals surface area contributed by atoms with Crippen molar-refractivity contribution in [3.63, 3.8) is 0 Å². The number of rotatable bonds is 8. The van der Waals surface area contributed by atoms with Gasteiger partial charge in [0.15, 0.2) is 0 Å². The van der Waals surface area contributed by atoms with Gasteiger partial charge in [-0.05, 0) is 49.8 Å². The topological polar surface area (TPSA) is 60.0 Å². The molecule has 33 heavy (non-hydrogen) atoms. The number of hydrogen-bond acceptors (Lipinski definition) is 5. The third kappa shape index (κ3) is 5.92. The van der Waals surface area contributed by atoms with E-state index < -0.39 is 0 Å². The fraction of sp³-hybridized carbons (Fsp3) is 0.423. The largest absolute Gasteiger partial charge is 0.493 e. The summed E-state index contributed by atoms with van der Waals surface area (Å²) in [6.07, 6.45) is 4.27. The lowest BCUT2D eigenvalue weighted by Crippen LogP contribution is -2.43. The maximum Gasteiger partial charge on any atom is 0.244 e. The first kappa shape index (κ1) is 23.3. The summed E-state index contributed by atoms with van der Waals surface area (Å²) in [5.74, 6) is 1.11. The maximum atomic E-state index is 13.4. The summed E-state index contributed by atoms with van der Waals surface area (Å²) < 4.78 is 30.5. The number of ether oxygens (including phenoxy) is 3. The first-order valence-corrected chi connectivity index (χ1v) is 11.5. The fourth-order valence-corrected chi connectivity index (χ4v) is 4.32. The summed E-state index contributed by atoms with van der Waals surface area (Å²) in [6.45, 7) is 7.75. The molecule has 1 fully saturated rings. The standard InChI is InChI=1S/C26H31FN2O4/c1-3-32-24-16-21-14-18(2)33-25(21)15-20(24)6-9-26(30)28-17-23(29-10-12-31-13-11-29)19-4-7-22(27)8-5-19/h4-9,15-16,18,23H,3,10-14,17H2,1-2H3,(H,28,30)/b9-6+. The summed E-state index contributed by atoms with van der Waals surface area (Å²) >= 11 is 0. The highest BCUT2D eigenvalue weighted by Gasteiger charge is 2.24. The summed E-state index contributed by atoms with van der Waals surface area (Å²) in [5, 5.41) is 3.00. The molecular weight excluding hydrogens is 423 g/mol. The molecule has 1 N–H and O–H groups in total. The molecule has 0 radical (unpaired) electrons. The molecule has 1 saturated heterocycles. The van der Waals surface area contributed by atoms with Gasteiger partial charge >= 0.3 is 0 Å². The molecule has 0 saturated carbocycles. The van der Waals surface area contributed by atoms with E-state index in [0.29, 0.717) is 26.4 Å². The zero-order valence-electron chi connectivity index (χ0n) is 19.2. The van der Waals surface area contributed by atoms with Crippen LogP contribution in [0.1, 0.15) is 36.6 Å². The molecule has 2 aromatic rings. The predicted molar refractivity (Wildman–Crippen MR) is 125 cm³/mol. The van der Waals surface area contributed by atoms with E-state index in [-0.39, 0.29) is 23.9 Å². The van der Waals surface area contributed by atoms with E-state index in [4.69, 9.17) is 14.2 Å². The molecular formula is C26H31FN2O4. The van der Waals surface area contributed by atoms with Gasteiger partial charge in [0, 0.05) is 43.3 Å². The van der Waals surface area contributed by atoms with Gasteiger partial charge in [-0.25, -0.2) is 4.39 Å². The Bertz CT molecular complexity index is 987. The van der Waals surface area contributed by atoms with E-state index >= 15 is 0 Å². The smallest absolute Gasteiger partial charge is 0.244 e. The molecule has 7 heteroatoms. The van der Waals surface area contributed by atoms with Gasteiger partial charge in [0.05, 0.1) is 25.9 Å². The lowest BCUT2D eigenvalue weighted by atomic mass is 10.0. The quantitative estimate of drug-likeness (QED) is 0.616. The van der Waals surface area contributed by atoms with Crippen molar-refractivity contribution in [2.24, 2.45) is 0 Å². The molecule has 0 aromatic heterocycles. The van der Waals surface area contributed by atoms with Crippen molar-refractivity contribution in [2.45, 2.75) is 32.4 Å². The molecule has 4 rings (SSSR count). The van der Waals surface area contributed by atoms with Crippen LogP contribution in [0.3, 0.4) is 0 Å². The highest BCUT2D eigenvalue weighted by Crippen LogP contribution is 2.35. The van der Waals surface area contributed by atoms with Crippen molar-refractivity contribution in [3.05, 3.63) is 65.0 Å².